The molecule has 10 heteroatoms. The number of anilines is 1. The number of hydrazone groups is 1. The Kier molecular flexibility index (Phi) is 12.1. The molecule has 0 radical (unpaired) electrons. The third kappa shape index (κ3) is 8.47. The Hall–Kier alpha value is -3.22. The van der Waals surface area contributed by atoms with Crippen LogP contribution in [0.1, 0.15) is 29.5 Å². The van der Waals surface area contributed by atoms with Crippen molar-refractivity contribution in [1.82, 2.24) is 5.32 Å². The van der Waals surface area contributed by atoms with Crippen LogP contribution in [-0.4, -0.2) is 32.4 Å². The van der Waals surface area contributed by atoms with Gasteiger partial charge < -0.3 is 10.1 Å². The molecule has 0 aliphatic carbocycles. The molecule has 0 spiro atoms. The maximum Gasteiger partial charge on any atom is 0.244 e. The average Bonchev–Trinajstić information content (AvgIpc) is 2.86. The highest BCUT2D eigenvalue weighted by Crippen LogP contribution is 2.39. The van der Waals surface area contributed by atoms with Crippen molar-refractivity contribution in [3.05, 3.63) is 97.9 Å². The van der Waals surface area contributed by atoms with Gasteiger partial charge in [-0.15, -0.1) is 0 Å². The summed E-state index contributed by atoms with van der Waals surface area (Å²) in [7, 11) is 1.51. The van der Waals surface area contributed by atoms with E-state index in [0.29, 0.717) is 38.9 Å². The molecule has 0 aliphatic rings. The van der Waals surface area contributed by atoms with Gasteiger partial charge in [-0.2, -0.15) is 10.4 Å². The highest BCUT2D eigenvalue weighted by molar-refractivity contribution is 9.10. The minimum absolute atomic E-state index is 0.271. The summed E-state index contributed by atoms with van der Waals surface area (Å²) >= 11 is 16.0. The lowest BCUT2D eigenvalue weighted by Crippen LogP contribution is -2.22. The van der Waals surface area contributed by atoms with Crippen molar-refractivity contribution in [2.45, 2.75) is 12.8 Å². The van der Waals surface area contributed by atoms with Crippen molar-refractivity contribution in [3.63, 3.8) is 0 Å². The molecule has 1 atom stereocenters. The maximum atomic E-state index is 12.2. The molecule has 36 heavy (non-hydrogen) atoms. The molecule has 3 aromatic rings. The van der Waals surface area contributed by atoms with Gasteiger partial charge >= 0.3 is 0 Å². The Morgan fingerprint density at radius 3 is 2.36 bits per heavy atom. The molecule has 0 saturated carbocycles. The Morgan fingerprint density at radius 2 is 1.86 bits per heavy atom. The number of amides is 2. The van der Waals surface area contributed by atoms with E-state index in [0.717, 1.165) is 11.1 Å². The van der Waals surface area contributed by atoms with E-state index in [1.54, 1.807) is 42.6 Å². The fourth-order valence-electron chi connectivity index (χ4n) is 3.04. The average molecular weight is 590 g/mol. The number of benzene rings is 3. The van der Waals surface area contributed by atoms with Gasteiger partial charge in [0.15, 0.2) is 0 Å². The first kappa shape index (κ1) is 29.0. The predicted molar refractivity (Wildman–Crippen MR) is 146 cm³/mol. The van der Waals surface area contributed by atoms with E-state index in [4.69, 9.17) is 23.2 Å². The van der Waals surface area contributed by atoms with E-state index in [2.05, 4.69) is 37.2 Å². The van der Waals surface area contributed by atoms with Crippen LogP contribution in [0.3, 0.4) is 0 Å². The second-order valence-electron chi connectivity index (χ2n) is 7.18. The number of methoxy groups -OCH3 is 1. The zero-order valence-corrected chi connectivity index (χ0v) is 22.6. The van der Waals surface area contributed by atoms with Gasteiger partial charge in [-0.05, 0) is 35.4 Å². The van der Waals surface area contributed by atoms with Crippen LogP contribution in [0.4, 0.5) is 5.69 Å². The van der Waals surface area contributed by atoms with Gasteiger partial charge in [-0.25, -0.2) is 5.01 Å². The molecule has 0 bridgehead atoms. The van der Waals surface area contributed by atoms with Crippen molar-refractivity contribution in [2.75, 3.05) is 18.8 Å². The third-order valence-corrected chi connectivity index (χ3v) is 5.88. The summed E-state index contributed by atoms with van der Waals surface area (Å²) < 4.78 is 5.04. The van der Waals surface area contributed by atoms with Crippen LogP contribution >= 0.6 is 39.1 Å². The number of nitrogens with zero attached hydrogens (tertiary/aromatic N) is 3. The Morgan fingerprint density at radius 1 is 1.19 bits per heavy atom. The van der Waals surface area contributed by atoms with Gasteiger partial charge in [0.05, 0.1) is 23.9 Å². The number of nitriles is 1. The monoisotopic (exact) mass is 588 g/mol. The molecular formula is C26H23BrCl2N4O3. The summed E-state index contributed by atoms with van der Waals surface area (Å²) in [5.41, 5.74) is 2.73. The fraction of sp³-hybridized carbons (Fsp3) is 0.154. The number of halogens is 3. The topological polar surface area (TPSA) is 94.8 Å². The van der Waals surface area contributed by atoms with E-state index >= 15 is 0 Å². The SMILES string of the molecule is CC(=O)N(/N=C/c1ccccc1)c1cc(Cl)c(C(C#N)c2ccc(Cl)cc2)c(Br)c1.COCNC=O. The number of rotatable bonds is 8. The van der Waals surface area contributed by atoms with E-state index in [9.17, 15) is 14.9 Å². The van der Waals surface area contributed by atoms with Crippen molar-refractivity contribution in [2.24, 2.45) is 5.10 Å². The van der Waals surface area contributed by atoms with Crippen LogP contribution in [0.25, 0.3) is 0 Å². The summed E-state index contributed by atoms with van der Waals surface area (Å²) in [5.74, 6) is -0.871. The van der Waals surface area contributed by atoms with E-state index in [-0.39, 0.29) is 5.91 Å². The zero-order valence-electron chi connectivity index (χ0n) is 19.5. The predicted octanol–water partition coefficient (Wildman–Crippen LogP) is 6.13. The lowest BCUT2D eigenvalue weighted by molar-refractivity contribution is -0.116. The highest BCUT2D eigenvalue weighted by Gasteiger charge is 2.22. The molecule has 0 fully saturated rings. The summed E-state index contributed by atoms with van der Waals surface area (Å²) in [5, 5.41) is 18.6. The molecular weight excluding hydrogens is 567 g/mol. The van der Waals surface area contributed by atoms with Gasteiger partial charge in [-0.1, -0.05) is 81.6 Å². The number of nitrogens with one attached hydrogen (secondary N) is 1. The molecule has 7 nitrogen and oxygen atoms in total. The summed E-state index contributed by atoms with van der Waals surface area (Å²) in [6.07, 6.45) is 2.19. The second kappa shape index (κ2) is 15.0. The van der Waals surface area contributed by atoms with Crippen molar-refractivity contribution < 1.29 is 14.3 Å². The molecule has 3 aromatic carbocycles. The van der Waals surface area contributed by atoms with Crippen molar-refractivity contribution in [3.8, 4) is 6.07 Å². The molecule has 1 N–H and O–H groups in total. The molecule has 0 heterocycles. The minimum atomic E-state index is -0.600. The number of carbonyl (C=O) groups is 2. The standard InChI is InChI=1S/C23H16BrCl2N3O.C3H7NO2/c1-15(30)29(28-14-16-5-3-2-4-6-16)19-11-21(24)23(22(26)12-19)20(13-27)17-7-9-18(25)10-8-17;1-6-3-4-2-5/h2-12,14,20H,1H3;2H,3H2,1H3,(H,4,5)/b28-14+;. The van der Waals surface area contributed by atoms with Crippen LogP contribution in [0.15, 0.2) is 76.3 Å². The van der Waals surface area contributed by atoms with Crippen LogP contribution in [0.5, 0.6) is 0 Å². The minimum Gasteiger partial charge on any atom is -0.365 e. The number of hydrogen-bond donors (Lipinski definition) is 1. The Labute approximate surface area is 228 Å². The Bertz CT molecular complexity index is 1210. The van der Waals surface area contributed by atoms with Gasteiger partial charge in [0.25, 0.3) is 0 Å². The molecule has 0 aromatic heterocycles. The molecule has 1 unspecified atom stereocenters. The summed E-state index contributed by atoms with van der Waals surface area (Å²) in [6.45, 7) is 1.72. The van der Waals surface area contributed by atoms with Crippen LogP contribution in [0, 0.1) is 11.3 Å². The first-order chi connectivity index (χ1) is 17.3. The largest absolute Gasteiger partial charge is 0.365 e. The van der Waals surface area contributed by atoms with Crippen molar-refractivity contribution in [1.29, 1.82) is 5.26 Å². The van der Waals surface area contributed by atoms with Gasteiger partial charge in [0.2, 0.25) is 12.3 Å². The second-order valence-corrected chi connectivity index (χ2v) is 8.88. The van der Waals surface area contributed by atoms with E-state index in [1.807, 2.05) is 30.3 Å². The first-order valence-electron chi connectivity index (χ1n) is 10.5. The maximum absolute atomic E-state index is 12.2. The van der Waals surface area contributed by atoms with E-state index < -0.39 is 5.92 Å². The van der Waals surface area contributed by atoms with Crippen LogP contribution in [0.2, 0.25) is 10.0 Å². The van der Waals surface area contributed by atoms with E-state index in [1.165, 1.54) is 19.0 Å². The summed E-state index contributed by atoms with van der Waals surface area (Å²) in [6, 6.07) is 22.1. The van der Waals surface area contributed by atoms with Crippen LogP contribution < -0.4 is 10.3 Å². The molecule has 2 amide bonds. The number of ether oxygens (including phenoxy) is 1. The molecule has 3 rings (SSSR count). The smallest absolute Gasteiger partial charge is 0.244 e. The van der Waals surface area contributed by atoms with Crippen LogP contribution in [-0.2, 0) is 14.3 Å². The van der Waals surface area contributed by atoms with Gasteiger partial charge in [0, 0.05) is 34.1 Å². The highest BCUT2D eigenvalue weighted by atomic mass is 79.9. The lowest BCUT2D eigenvalue weighted by Gasteiger charge is -2.19. The Balaban J connectivity index is 0.000000678. The van der Waals surface area contributed by atoms with Gasteiger partial charge in [0.1, 0.15) is 6.73 Å². The molecule has 186 valence electrons. The quantitative estimate of drug-likeness (QED) is 0.112. The summed E-state index contributed by atoms with van der Waals surface area (Å²) in [4.78, 5) is 21.6. The molecule has 0 saturated heterocycles. The zero-order chi connectivity index (χ0) is 26.5. The van der Waals surface area contributed by atoms with Crippen molar-refractivity contribution >= 4 is 63.4 Å². The number of hydrogen-bond acceptors (Lipinski definition) is 5. The normalized spacial score (nSPS) is 11.1. The number of carbonyl (C=O) groups excluding carboxylic acids is 2. The lowest BCUT2D eigenvalue weighted by atomic mass is 9.92. The van der Waals surface area contributed by atoms with Gasteiger partial charge in [-0.3, -0.25) is 9.59 Å². The molecule has 0 aliphatic heterocycles. The third-order valence-electron chi connectivity index (χ3n) is 4.66. The first-order valence-corrected chi connectivity index (χ1v) is 12.1. The fourth-order valence-corrected chi connectivity index (χ4v) is 4.28.